The van der Waals surface area contributed by atoms with Crippen LogP contribution in [0.5, 0.6) is 0 Å². The molecule has 1 aromatic carbocycles. The molecule has 21 heavy (non-hydrogen) atoms. The minimum atomic E-state index is 0.529. The average molecular weight is 296 g/mol. The Morgan fingerprint density at radius 3 is 2.71 bits per heavy atom. The monoisotopic (exact) mass is 296 g/mol. The predicted octanol–water partition coefficient (Wildman–Crippen LogP) is 5.29. The van der Waals surface area contributed by atoms with E-state index in [0.717, 1.165) is 12.1 Å². The molecular weight excluding hydrogens is 280 g/mol. The Balaban J connectivity index is 2.16. The molecule has 0 radical (unpaired) electrons. The third-order valence-electron chi connectivity index (χ3n) is 3.37. The summed E-state index contributed by atoms with van der Waals surface area (Å²) in [5.41, 5.74) is 3.47. The smallest absolute Gasteiger partial charge is 0.192 e. The summed E-state index contributed by atoms with van der Waals surface area (Å²) < 4.78 is 1.21. The van der Waals surface area contributed by atoms with Crippen molar-refractivity contribution in [1.82, 2.24) is 9.97 Å². The van der Waals surface area contributed by atoms with Gasteiger partial charge in [-0.15, -0.1) is 21.6 Å². The van der Waals surface area contributed by atoms with Gasteiger partial charge in [0.05, 0.1) is 10.9 Å². The topological polar surface area (TPSA) is 50.5 Å². The molecule has 5 heteroatoms. The molecule has 3 rings (SSSR count). The highest BCUT2D eigenvalue weighted by atomic mass is 32.1. The number of rotatable bonds is 3. The molecule has 0 N–H and O–H groups in total. The molecular formula is C16H16N4S. The number of azo groups is 1. The number of hydrogen-bond acceptors (Lipinski definition) is 5. The van der Waals surface area contributed by atoms with Gasteiger partial charge in [-0.05, 0) is 42.8 Å². The third-order valence-corrected chi connectivity index (χ3v) is 4.43. The van der Waals surface area contributed by atoms with Crippen molar-refractivity contribution in [3.63, 3.8) is 0 Å². The summed E-state index contributed by atoms with van der Waals surface area (Å²) in [6.45, 7) is 6.42. The van der Waals surface area contributed by atoms with E-state index in [4.69, 9.17) is 0 Å². The summed E-state index contributed by atoms with van der Waals surface area (Å²) in [5.74, 6) is 0.529. The molecule has 0 saturated carbocycles. The van der Waals surface area contributed by atoms with Crippen molar-refractivity contribution >= 4 is 32.9 Å². The number of aryl methyl sites for hydroxylation is 3. The maximum atomic E-state index is 4.46. The molecule has 3 aromatic rings. The molecule has 0 atom stereocenters. The van der Waals surface area contributed by atoms with Gasteiger partial charge in [0.15, 0.2) is 5.82 Å². The van der Waals surface area contributed by atoms with E-state index in [1.165, 1.54) is 26.1 Å². The van der Waals surface area contributed by atoms with Crippen molar-refractivity contribution in [2.45, 2.75) is 27.2 Å². The van der Waals surface area contributed by atoms with Gasteiger partial charge in [0, 0.05) is 17.3 Å². The van der Waals surface area contributed by atoms with Crippen LogP contribution in [0.1, 0.15) is 22.9 Å². The molecule has 0 aliphatic heterocycles. The molecule has 0 saturated heterocycles. The maximum Gasteiger partial charge on any atom is 0.192 e. The molecule has 0 bridgehead atoms. The van der Waals surface area contributed by atoms with Gasteiger partial charge in [-0.1, -0.05) is 13.0 Å². The first kappa shape index (κ1) is 13.8. The van der Waals surface area contributed by atoms with Crippen molar-refractivity contribution in [3.8, 4) is 0 Å². The first-order valence-corrected chi connectivity index (χ1v) is 7.71. The molecule has 0 unspecified atom stereocenters. The van der Waals surface area contributed by atoms with Crippen molar-refractivity contribution in [1.29, 1.82) is 0 Å². The van der Waals surface area contributed by atoms with Crippen LogP contribution in [0.3, 0.4) is 0 Å². The Morgan fingerprint density at radius 1 is 1.14 bits per heavy atom. The van der Waals surface area contributed by atoms with Crippen LogP contribution in [0.25, 0.3) is 10.1 Å². The molecule has 0 aliphatic rings. The molecule has 0 amide bonds. The second kappa shape index (κ2) is 5.69. The summed E-state index contributed by atoms with van der Waals surface area (Å²) in [6, 6.07) is 4.43. The zero-order valence-corrected chi connectivity index (χ0v) is 13.1. The Hall–Kier alpha value is -2.14. The van der Waals surface area contributed by atoms with E-state index in [0.29, 0.717) is 5.82 Å². The van der Waals surface area contributed by atoms with Crippen LogP contribution in [0.2, 0.25) is 0 Å². The minimum Gasteiger partial charge on any atom is -0.259 e. The van der Waals surface area contributed by atoms with Gasteiger partial charge in [-0.25, -0.2) is 4.98 Å². The van der Waals surface area contributed by atoms with E-state index in [-0.39, 0.29) is 0 Å². The van der Waals surface area contributed by atoms with Crippen LogP contribution in [0, 0.1) is 13.8 Å². The van der Waals surface area contributed by atoms with Crippen LogP contribution in [0.15, 0.2) is 41.0 Å². The molecule has 2 aromatic heterocycles. The number of benzene rings is 1. The summed E-state index contributed by atoms with van der Waals surface area (Å²) in [6.07, 6.45) is 5.79. The largest absolute Gasteiger partial charge is 0.259 e. The zero-order valence-electron chi connectivity index (χ0n) is 12.3. The Kier molecular flexibility index (Phi) is 3.75. The quantitative estimate of drug-likeness (QED) is 0.617. The normalized spacial score (nSPS) is 11.6. The Labute approximate surface area is 127 Å². The van der Waals surface area contributed by atoms with E-state index < -0.39 is 0 Å². The predicted molar refractivity (Wildman–Crippen MR) is 86.9 cm³/mol. The van der Waals surface area contributed by atoms with Crippen LogP contribution in [0.4, 0.5) is 11.5 Å². The molecule has 4 nitrogen and oxygen atoms in total. The van der Waals surface area contributed by atoms with Crippen molar-refractivity contribution in [2.75, 3.05) is 0 Å². The van der Waals surface area contributed by atoms with Crippen molar-refractivity contribution in [3.05, 3.63) is 46.7 Å². The number of nitrogens with zero attached hydrogens (tertiary/aromatic N) is 4. The van der Waals surface area contributed by atoms with E-state index in [1.54, 1.807) is 29.9 Å². The molecule has 0 fully saturated rings. The first-order valence-electron chi connectivity index (χ1n) is 6.89. The lowest BCUT2D eigenvalue weighted by atomic mass is 10.0. The van der Waals surface area contributed by atoms with E-state index in [9.17, 15) is 0 Å². The Morgan fingerprint density at radius 2 is 2.00 bits per heavy atom. The number of aromatic nitrogens is 2. The lowest BCUT2D eigenvalue weighted by molar-refractivity contribution is 1.08. The van der Waals surface area contributed by atoms with E-state index in [1.807, 2.05) is 0 Å². The maximum absolute atomic E-state index is 4.46. The van der Waals surface area contributed by atoms with Crippen LogP contribution in [-0.4, -0.2) is 9.97 Å². The summed E-state index contributed by atoms with van der Waals surface area (Å²) >= 11 is 1.77. The van der Waals surface area contributed by atoms with Crippen LogP contribution in [-0.2, 0) is 6.42 Å². The van der Waals surface area contributed by atoms with Gasteiger partial charge >= 0.3 is 0 Å². The Bertz CT molecular complexity index is 806. The standard InChI is InChI=1S/C16H16N4S/c1-4-12-7-10(2)13-8-11(3)21-16(13)15(12)20-19-14-9-17-5-6-18-14/h5-9H,4H2,1-3H3. The molecule has 106 valence electrons. The van der Waals surface area contributed by atoms with Gasteiger partial charge in [0.1, 0.15) is 5.69 Å². The summed E-state index contributed by atoms with van der Waals surface area (Å²) in [5, 5.41) is 9.96. The highest BCUT2D eigenvalue weighted by Crippen LogP contribution is 2.39. The van der Waals surface area contributed by atoms with Gasteiger partial charge < -0.3 is 0 Å². The van der Waals surface area contributed by atoms with Gasteiger partial charge in [0.25, 0.3) is 0 Å². The first-order chi connectivity index (χ1) is 10.2. The van der Waals surface area contributed by atoms with Crippen molar-refractivity contribution in [2.24, 2.45) is 10.2 Å². The molecule has 2 heterocycles. The van der Waals surface area contributed by atoms with Gasteiger partial charge in [0.2, 0.25) is 0 Å². The number of fused-ring (bicyclic) bond motifs is 1. The minimum absolute atomic E-state index is 0.529. The second-order valence-corrected chi connectivity index (χ2v) is 6.17. The summed E-state index contributed by atoms with van der Waals surface area (Å²) in [4.78, 5) is 9.43. The lowest BCUT2D eigenvalue weighted by Crippen LogP contribution is -1.85. The fraction of sp³-hybridized carbons (Fsp3) is 0.250. The number of hydrogen-bond donors (Lipinski definition) is 0. The van der Waals surface area contributed by atoms with Crippen molar-refractivity contribution < 1.29 is 0 Å². The van der Waals surface area contributed by atoms with Gasteiger partial charge in [-0.2, -0.15) is 0 Å². The molecule has 0 aliphatic carbocycles. The van der Waals surface area contributed by atoms with Crippen LogP contribution >= 0.6 is 11.3 Å². The fourth-order valence-electron chi connectivity index (χ4n) is 2.36. The average Bonchev–Trinajstić information content (AvgIpc) is 2.89. The highest BCUT2D eigenvalue weighted by Gasteiger charge is 2.12. The second-order valence-electron chi connectivity index (χ2n) is 4.92. The van der Waals surface area contributed by atoms with Crippen LogP contribution < -0.4 is 0 Å². The number of thiophene rings is 1. The SMILES string of the molecule is CCc1cc(C)c2cc(C)sc2c1N=Nc1cnccn1. The van der Waals surface area contributed by atoms with E-state index in [2.05, 4.69) is 53.1 Å². The summed E-state index contributed by atoms with van der Waals surface area (Å²) in [7, 11) is 0. The fourth-order valence-corrected chi connectivity index (χ4v) is 3.46. The highest BCUT2D eigenvalue weighted by molar-refractivity contribution is 7.19. The van der Waals surface area contributed by atoms with Gasteiger partial charge in [-0.3, -0.25) is 4.98 Å². The zero-order chi connectivity index (χ0) is 14.8. The molecule has 0 spiro atoms. The third kappa shape index (κ3) is 2.69. The van der Waals surface area contributed by atoms with E-state index >= 15 is 0 Å². The lowest BCUT2D eigenvalue weighted by Gasteiger charge is -2.06.